The molecule has 0 aliphatic heterocycles. The van der Waals surface area contributed by atoms with E-state index in [0.29, 0.717) is 0 Å². The number of ether oxygens (including phenoxy) is 1. The summed E-state index contributed by atoms with van der Waals surface area (Å²) in [4.78, 5) is 0. The SMILES string of the molecule is CC[N+](C)(C)CCCOCC[N+](CC)(CC)CC. The van der Waals surface area contributed by atoms with Crippen molar-refractivity contribution < 1.29 is 13.7 Å². The van der Waals surface area contributed by atoms with Gasteiger partial charge in [-0.25, -0.2) is 0 Å². The molecule has 0 atom stereocenters. The number of likely N-dealkylation sites (N-methyl/N-ethyl adjacent to an activating group) is 1. The van der Waals surface area contributed by atoms with E-state index in [-0.39, 0.29) is 0 Å². The summed E-state index contributed by atoms with van der Waals surface area (Å²) in [5.41, 5.74) is 0. The van der Waals surface area contributed by atoms with E-state index in [1.165, 1.54) is 43.6 Å². The van der Waals surface area contributed by atoms with E-state index in [9.17, 15) is 0 Å². The summed E-state index contributed by atoms with van der Waals surface area (Å²) in [5.74, 6) is 0. The molecule has 0 radical (unpaired) electrons. The van der Waals surface area contributed by atoms with E-state index in [1.807, 2.05) is 0 Å². The van der Waals surface area contributed by atoms with Crippen molar-refractivity contribution in [2.45, 2.75) is 34.1 Å². The van der Waals surface area contributed by atoms with E-state index < -0.39 is 0 Å². The van der Waals surface area contributed by atoms with E-state index in [4.69, 9.17) is 4.74 Å². The van der Waals surface area contributed by atoms with Gasteiger partial charge in [0.05, 0.1) is 60.0 Å². The highest BCUT2D eigenvalue weighted by atomic mass is 16.5. The molecule has 0 rings (SSSR count). The molecule has 0 aromatic rings. The standard InChI is InChI=1S/C15H36N2O/c1-7-16(5,6)12-11-14-18-15-13-17(8-2,9-3)10-4/h7-15H2,1-6H3/q+2. The van der Waals surface area contributed by atoms with Gasteiger partial charge in [0.25, 0.3) is 0 Å². The Morgan fingerprint density at radius 1 is 0.722 bits per heavy atom. The zero-order valence-corrected chi connectivity index (χ0v) is 13.7. The molecule has 0 saturated carbocycles. The molecule has 0 aliphatic carbocycles. The summed E-state index contributed by atoms with van der Waals surface area (Å²) in [7, 11) is 4.57. The van der Waals surface area contributed by atoms with E-state index in [1.54, 1.807) is 0 Å². The maximum Gasteiger partial charge on any atom is 0.102 e. The lowest BCUT2D eigenvalue weighted by Gasteiger charge is -2.35. The molecule has 0 bridgehead atoms. The van der Waals surface area contributed by atoms with Gasteiger partial charge in [0, 0.05) is 6.42 Å². The van der Waals surface area contributed by atoms with Crippen LogP contribution in [-0.4, -0.2) is 75.5 Å². The van der Waals surface area contributed by atoms with Crippen molar-refractivity contribution in [3.8, 4) is 0 Å². The molecule has 0 amide bonds. The third-order valence-corrected chi connectivity index (χ3v) is 4.63. The molecule has 0 N–H and O–H groups in total. The van der Waals surface area contributed by atoms with Crippen LogP contribution in [0.25, 0.3) is 0 Å². The van der Waals surface area contributed by atoms with Crippen LogP contribution in [0.2, 0.25) is 0 Å². The zero-order valence-electron chi connectivity index (χ0n) is 13.7. The summed E-state index contributed by atoms with van der Waals surface area (Å²) in [6.07, 6.45) is 1.17. The van der Waals surface area contributed by atoms with Crippen LogP contribution >= 0.6 is 0 Å². The van der Waals surface area contributed by atoms with Gasteiger partial charge in [-0.05, 0) is 27.7 Å². The fourth-order valence-corrected chi connectivity index (χ4v) is 2.26. The normalized spacial score (nSPS) is 13.0. The molecule has 0 heterocycles. The molecule has 110 valence electrons. The summed E-state index contributed by atoms with van der Waals surface area (Å²) in [6, 6.07) is 0. The van der Waals surface area contributed by atoms with Crippen molar-refractivity contribution in [1.29, 1.82) is 0 Å². The lowest BCUT2D eigenvalue weighted by molar-refractivity contribution is -0.923. The Morgan fingerprint density at radius 2 is 1.28 bits per heavy atom. The zero-order chi connectivity index (χ0) is 14.1. The Hall–Kier alpha value is -0.120. The lowest BCUT2D eigenvalue weighted by atomic mass is 10.3. The first-order chi connectivity index (χ1) is 8.45. The monoisotopic (exact) mass is 260 g/mol. The summed E-state index contributed by atoms with van der Waals surface area (Å²) < 4.78 is 8.10. The van der Waals surface area contributed by atoms with Crippen LogP contribution in [0.1, 0.15) is 34.1 Å². The number of nitrogens with zero attached hydrogens (tertiary/aromatic N) is 2. The predicted molar refractivity (Wildman–Crippen MR) is 79.7 cm³/mol. The fraction of sp³-hybridized carbons (Fsp3) is 1.00. The molecule has 0 unspecified atom stereocenters. The van der Waals surface area contributed by atoms with Gasteiger partial charge in [0.15, 0.2) is 0 Å². The van der Waals surface area contributed by atoms with Crippen LogP contribution in [0.15, 0.2) is 0 Å². The largest absolute Gasteiger partial charge is 0.375 e. The van der Waals surface area contributed by atoms with Crippen LogP contribution in [-0.2, 0) is 4.74 Å². The first kappa shape index (κ1) is 17.9. The predicted octanol–water partition coefficient (Wildman–Crippen LogP) is 2.37. The van der Waals surface area contributed by atoms with Gasteiger partial charge < -0.3 is 13.7 Å². The van der Waals surface area contributed by atoms with Gasteiger partial charge >= 0.3 is 0 Å². The Morgan fingerprint density at radius 3 is 1.72 bits per heavy atom. The third kappa shape index (κ3) is 6.72. The third-order valence-electron chi connectivity index (χ3n) is 4.63. The average Bonchev–Trinajstić information content (AvgIpc) is 2.39. The van der Waals surface area contributed by atoms with E-state index >= 15 is 0 Å². The molecule has 0 fully saturated rings. The second-order valence-corrected chi connectivity index (χ2v) is 5.96. The molecule has 0 aliphatic rings. The second-order valence-electron chi connectivity index (χ2n) is 5.96. The van der Waals surface area contributed by atoms with E-state index in [2.05, 4.69) is 41.8 Å². The minimum absolute atomic E-state index is 0.912. The molecule has 3 heteroatoms. The molecule has 0 aromatic carbocycles. The summed E-state index contributed by atoms with van der Waals surface area (Å²) >= 11 is 0. The molecular formula is C15H36N2O+2. The topological polar surface area (TPSA) is 9.23 Å². The van der Waals surface area contributed by atoms with Crippen LogP contribution in [0.3, 0.4) is 0 Å². The van der Waals surface area contributed by atoms with Gasteiger partial charge in [0.2, 0.25) is 0 Å². The number of hydrogen-bond acceptors (Lipinski definition) is 1. The molecule has 0 saturated heterocycles. The van der Waals surface area contributed by atoms with Gasteiger partial charge in [-0.1, -0.05) is 0 Å². The first-order valence-electron chi connectivity index (χ1n) is 7.70. The van der Waals surface area contributed by atoms with Crippen LogP contribution in [0, 0.1) is 0 Å². The van der Waals surface area contributed by atoms with Gasteiger partial charge in [0.1, 0.15) is 6.54 Å². The highest BCUT2D eigenvalue weighted by Gasteiger charge is 2.19. The Labute approximate surface area is 115 Å². The number of hydrogen-bond donors (Lipinski definition) is 0. The molecule has 0 aromatic heterocycles. The van der Waals surface area contributed by atoms with E-state index in [0.717, 1.165) is 24.2 Å². The van der Waals surface area contributed by atoms with Gasteiger partial charge in [-0.3, -0.25) is 0 Å². The van der Waals surface area contributed by atoms with Crippen molar-refractivity contribution in [3.63, 3.8) is 0 Å². The van der Waals surface area contributed by atoms with Gasteiger partial charge in [-0.15, -0.1) is 0 Å². The minimum atomic E-state index is 0.912. The minimum Gasteiger partial charge on any atom is -0.375 e. The molecule has 0 spiro atoms. The molecule has 18 heavy (non-hydrogen) atoms. The first-order valence-corrected chi connectivity index (χ1v) is 7.70. The van der Waals surface area contributed by atoms with Crippen molar-refractivity contribution in [3.05, 3.63) is 0 Å². The Kier molecular flexibility index (Phi) is 8.83. The summed E-state index contributed by atoms with van der Waals surface area (Å²) in [5, 5.41) is 0. The maximum absolute atomic E-state index is 5.81. The van der Waals surface area contributed by atoms with Crippen molar-refractivity contribution >= 4 is 0 Å². The lowest BCUT2D eigenvalue weighted by Crippen LogP contribution is -2.49. The Bertz CT molecular complexity index is 192. The highest BCUT2D eigenvalue weighted by molar-refractivity contribution is 4.40. The van der Waals surface area contributed by atoms with Crippen LogP contribution in [0.4, 0.5) is 0 Å². The number of quaternary nitrogens is 2. The van der Waals surface area contributed by atoms with Crippen molar-refractivity contribution in [1.82, 2.24) is 0 Å². The number of rotatable bonds is 11. The summed E-state index contributed by atoms with van der Waals surface area (Å²) in [6.45, 7) is 18.2. The van der Waals surface area contributed by atoms with Crippen molar-refractivity contribution in [2.75, 3.05) is 66.6 Å². The van der Waals surface area contributed by atoms with Crippen LogP contribution in [0.5, 0.6) is 0 Å². The quantitative estimate of drug-likeness (QED) is 0.409. The van der Waals surface area contributed by atoms with Crippen molar-refractivity contribution in [2.24, 2.45) is 0 Å². The van der Waals surface area contributed by atoms with Gasteiger partial charge in [-0.2, -0.15) is 0 Å². The van der Waals surface area contributed by atoms with Crippen LogP contribution < -0.4 is 0 Å². The maximum atomic E-state index is 5.81. The fourth-order valence-electron chi connectivity index (χ4n) is 2.26. The molecular weight excluding hydrogens is 224 g/mol. The Balaban J connectivity index is 3.68. The second kappa shape index (κ2) is 8.89. The average molecular weight is 260 g/mol. The molecule has 3 nitrogen and oxygen atoms in total. The smallest absolute Gasteiger partial charge is 0.102 e. The highest BCUT2D eigenvalue weighted by Crippen LogP contribution is 2.05.